The zero-order valence-corrected chi connectivity index (χ0v) is 12.3. The summed E-state index contributed by atoms with van der Waals surface area (Å²) in [6.45, 7) is 2.89. The Balaban J connectivity index is 1.79. The number of urea groups is 1. The quantitative estimate of drug-likeness (QED) is 0.741. The third-order valence-corrected chi connectivity index (χ3v) is 4.89. The number of hydrogen-bond acceptors (Lipinski definition) is 2. The molecule has 0 aliphatic heterocycles. The second kappa shape index (κ2) is 6.46. The Kier molecular flexibility index (Phi) is 4.89. The summed E-state index contributed by atoms with van der Waals surface area (Å²) >= 11 is 0. The van der Waals surface area contributed by atoms with Gasteiger partial charge in [-0.2, -0.15) is 0 Å². The number of carbonyl (C=O) groups excluding carboxylic acids is 1. The normalized spacial score (nSPS) is 28.9. The third-order valence-electron chi connectivity index (χ3n) is 4.89. The molecular formula is C15H26N2O3. The molecule has 2 atom stereocenters. The van der Waals surface area contributed by atoms with Crippen LogP contribution in [0, 0.1) is 11.3 Å². The fourth-order valence-electron chi connectivity index (χ4n) is 3.52. The molecule has 2 rings (SSSR count). The monoisotopic (exact) mass is 282 g/mol. The number of rotatable bonds is 4. The van der Waals surface area contributed by atoms with E-state index in [1.54, 1.807) is 0 Å². The second-order valence-electron chi connectivity index (χ2n) is 6.68. The molecule has 0 radical (unpaired) electrons. The predicted octanol–water partition coefficient (Wildman–Crippen LogP) is 2.51. The molecule has 0 saturated heterocycles. The van der Waals surface area contributed by atoms with E-state index in [2.05, 4.69) is 17.6 Å². The summed E-state index contributed by atoms with van der Waals surface area (Å²) in [4.78, 5) is 23.2. The average Bonchev–Trinajstić information content (AvgIpc) is 2.84. The Hall–Kier alpha value is -1.26. The maximum atomic E-state index is 12.0. The summed E-state index contributed by atoms with van der Waals surface area (Å²) in [6.07, 6.45) is 8.16. The molecule has 2 unspecified atom stereocenters. The fraction of sp³-hybridized carbons (Fsp3) is 0.867. The van der Waals surface area contributed by atoms with Crippen LogP contribution in [0.4, 0.5) is 4.79 Å². The van der Waals surface area contributed by atoms with Crippen LogP contribution < -0.4 is 10.6 Å². The molecule has 5 heteroatoms. The lowest BCUT2D eigenvalue weighted by molar-refractivity contribution is -0.143. The first kappa shape index (κ1) is 15.1. The first-order valence-electron chi connectivity index (χ1n) is 7.77. The van der Waals surface area contributed by atoms with Crippen LogP contribution in [0.3, 0.4) is 0 Å². The summed E-state index contributed by atoms with van der Waals surface area (Å²) in [5.74, 6) is -1.23. The van der Waals surface area contributed by atoms with Gasteiger partial charge in [-0.05, 0) is 31.1 Å². The Bertz CT molecular complexity index is 364. The summed E-state index contributed by atoms with van der Waals surface area (Å²) in [5.41, 5.74) is 0.218. The molecule has 0 aromatic carbocycles. The van der Waals surface area contributed by atoms with Crippen molar-refractivity contribution >= 4 is 12.0 Å². The zero-order chi connectivity index (χ0) is 14.6. The van der Waals surface area contributed by atoms with Gasteiger partial charge in [-0.25, -0.2) is 4.79 Å². The third kappa shape index (κ3) is 3.87. The molecule has 2 aliphatic carbocycles. The van der Waals surface area contributed by atoms with Crippen LogP contribution in [0.5, 0.6) is 0 Å². The molecule has 0 spiro atoms. The SMILES string of the molecule is CC1(CNC(=O)NC2CCCCC2C(=O)O)CCCC1. The van der Waals surface area contributed by atoms with Gasteiger partial charge >= 0.3 is 12.0 Å². The Morgan fingerprint density at radius 3 is 2.45 bits per heavy atom. The lowest BCUT2D eigenvalue weighted by atomic mass is 9.84. The van der Waals surface area contributed by atoms with Crippen molar-refractivity contribution in [3.8, 4) is 0 Å². The molecule has 2 saturated carbocycles. The molecule has 0 aromatic rings. The van der Waals surface area contributed by atoms with Gasteiger partial charge in [0.05, 0.1) is 5.92 Å². The molecule has 114 valence electrons. The minimum absolute atomic E-state index is 0.212. The maximum Gasteiger partial charge on any atom is 0.315 e. The Morgan fingerprint density at radius 2 is 1.80 bits per heavy atom. The highest BCUT2D eigenvalue weighted by Crippen LogP contribution is 2.36. The molecule has 0 heterocycles. The van der Waals surface area contributed by atoms with Gasteiger partial charge in [-0.15, -0.1) is 0 Å². The van der Waals surface area contributed by atoms with E-state index >= 15 is 0 Å². The molecule has 0 aromatic heterocycles. The molecule has 5 nitrogen and oxygen atoms in total. The number of nitrogens with one attached hydrogen (secondary N) is 2. The van der Waals surface area contributed by atoms with Gasteiger partial charge in [0.25, 0.3) is 0 Å². The zero-order valence-electron chi connectivity index (χ0n) is 12.3. The highest BCUT2D eigenvalue weighted by atomic mass is 16.4. The minimum Gasteiger partial charge on any atom is -0.481 e. The molecule has 2 amide bonds. The summed E-state index contributed by atoms with van der Waals surface area (Å²) in [5, 5.41) is 15.0. The van der Waals surface area contributed by atoms with Crippen molar-refractivity contribution in [1.29, 1.82) is 0 Å². The summed E-state index contributed by atoms with van der Waals surface area (Å²) in [7, 11) is 0. The number of carboxylic acids is 1. The lowest BCUT2D eigenvalue weighted by Crippen LogP contribution is -2.50. The highest BCUT2D eigenvalue weighted by Gasteiger charge is 2.33. The van der Waals surface area contributed by atoms with Gasteiger partial charge in [-0.3, -0.25) is 4.79 Å². The van der Waals surface area contributed by atoms with E-state index in [0.29, 0.717) is 13.0 Å². The van der Waals surface area contributed by atoms with Crippen molar-refractivity contribution in [2.24, 2.45) is 11.3 Å². The van der Waals surface area contributed by atoms with E-state index in [9.17, 15) is 14.7 Å². The minimum atomic E-state index is -0.794. The number of carboxylic acid groups (broad SMARTS) is 1. The number of carbonyl (C=O) groups is 2. The van der Waals surface area contributed by atoms with Crippen LogP contribution in [-0.4, -0.2) is 29.7 Å². The van der Waals surface area contributed by atoms with Gasteiger partial charge < -0.3 is 15.7 Å². The van der Waals surface area contributed by atoms with E-state index in [-0.39, 0.29) is 17.5 Å². The van der Waals surface area contributed by atoms with Gasteiger partial charge in [0.1, 0.15) is 0 Å². The van der Waals surface area contributed by atoms with E-state index < -0.39 is 11.9 Å². The molecular weight excluding hydrogens is 256 g/mol. The lowest BCUT2D eigenvalue weighted by Gasteiger charge is -2.30. The highest BCUT2D eigenvalue weighted by molar-refractivity contribution is 5.76. The first-order chi connectivity index (χ1) is 9.50. The van der Waals surface area contributed by atoms with E-state index in [4.69, 9.17) is 0 Å². The summed E-state index contributed by atoms with van der Waals surface area (Å²) in [6, 6.07) is -0.436. The van der Waals surface area contributed by atoms with E-state index in [1.165, 1.54) is 12.8 Å². The van der Waals surface area contributed by atoms with Gasteiger partial charge in [0.15, 0.2) is 0 Å². The average molecular weight is 282 g/mol. The first-order valence-corrected chi connectivity index (χ1v) is 7.77. The van der Waals surface area contributed by atoms with Crippen molar-refractivity contribution in [2.75, 3.05) is 6.54 Å². The molecule has 20 heavy (non-hydrogen) atoms. The van der Waals surface area contributed by atoms with E-state index in [1.807, 2.05) is 0 Å². The van der Waals surface area contributed by atoms with Crippen LogP contribution in [-0.2, 0) is 4.79 Å². The maximum absolute atomic E-state index is 12.0. The van der Waals surface area contributed by atoms with E-state index in [0.717, 1.165) is 32.1 Å². The van der Waals surface area contributed by atoms with Gasteiger partial charge in [-0.1, -0.05) is 32.6 Å². The van der Waals surface area contributed by atoms with Crippen LogP contribution in [0.2, 0.25) is 0 Å². The van der Waals surface area contributed by atoms with Crippen molar-refractivity contribution in [3.63, 3.8) is 0 Å². The summed E-state index contributed by atoms with van der Waals surface area (Å²) < 4.78 is 0. The van der Waals surface area contributed by atoms with Crippen LogP contribution in [0.15, 0.2) is 0 Å². The molecule has 3 N–H and O–H groups in total. The van der Waals surface area contributed by atoms with Crippen molar-refractivity contribution < 1.29 is 14.7 Å². The van der Waals surface area contributed by atoms with Crippen molar-refractivity contribution in [2.45, 2.75) is 64.3 Å². The van der Waals surface area contributed by atoms with Gasteiger partial charge in [0.2, 0.25) is 0 Å². The number of amides is 2. The smallest absolute Gasteiger partial charge is 0.315 e. The number of hydrogen-bond donors (Lipinski definition) is 3. The van der Waals surface area contributed by atoms with Crippen LogP contribution >= 0.6 is 0 Å². The number of aliphatic carboxylic acids is 1. The molecule has 0 bridgehead atoms. The van der Waals surface area contributed by atoms with Crippen LogP contribution in [0.25, 0.3) is 0 Å². The molecule has 2 aliphatic rings. The predicted molar refractivity (Wildman–Crippen MR) is 76.5 cm³/mol. The standard InChI is InChI=1S/C15H26N2O3/c1-15(8-4-5-9-15)10-16-14(20)17-12-7-3-2-6-11(12)13(18)19/h11-12H,2-10H2,1H3,(H,18,19)(H2,16,17,20). The van der Waals surface area contributed by atoms with Crippen molar-refractivity contribution in [3.05, 3.63) is 0 Å². The van der Waals surface area contributed by atoms with Crippen molar-refractivity contribution in [1.82, 2.24) is 10.6 Å². The topological polar surface area (TPSA) is 78.4 Å². The second-order valence-corrected chi connectivity index (χ2v) is 6.68. The largest absolute Gasteiger partial charge is 0.481 e. The van der Waals surface area contributed by atoms with Gasteiger partial charge in [0, 0.05) is 12.6 Å². The Labute approximate surface area is 120 Å². The molecule has 2 fully saturated rings. The fourth-order valence-corrected chi connectivity index (χ4v) is 3.52. The Morgan fingerprint density at radius 1 is 1.15 bits per heavy atom. The van der Waals surface area contributed by atoms with Crippen LogP contribution in [0.1, 0.15) is 58.3 Å².